The molecule has 1 aromatic rings. The van der Waals surface area contributed by atoms with Gasteiger partial charge in [-0.05, 0) is 12.8 Å². The molecular formula is C9H12N4O2. The standard InChI is InChI=1S/C9H12N4O2/c14-9(8-10-5-11-12-8)13-3-6-1-2-7(4-13)15-6/h5-7H,1-4H2,(H,10,11,12). The van der Waals surface area contributed by atoms with E-state index < -0.39 is 0 Å². The number of hydrogen-bond donors (Lipinski definition) is 1. The first-order valence-electron chi connectivity index (χ1n) is 5.13. The van der Waals surface area contributed by atoms with Crippen molar-refractivity contribution < 1.29 is 9.53 Å². The SMILES string of the molecule is O=C(c1ncn[nH]1)N1CC2CCC(C1)O2. The molecule has 2 unspecified atom stereocenters. The lowest BCUT2D eigenvalue weighted by molar-refractivity contribution is -0.0307. The second-order valence-corrected chi connectivity index (χ2v) is 4.00. The Labute approximate surface area is 86.6 Å². The molecule has 2 aliphatic heterocycles. The van der Waals surface area contributed by atoms with Gasteiger partial charge in [-0.1, -0.05) is 0 Å². The lowest BCUT2D eigenvalue weighted by atomic mass is 10.2. The van der Waals surface area contributed by atoms with Crippen LogP contribution in [0.5, 0.6) is 0 Å². The summed E-state index contributed by atoms with van der Waals surface area (Å²) in [5.41, 5.74) is 0. The van der Waals surface area contributed by atoms with Crippen molar-refractivity contribution in [2.45, 2.75) is 25.0 Å². The summed E-state index contributed by atoms with van der Waals surface area (Å²) >= 11 is 0. The van der Waals surface area contributed by atoms with E-state index in [0.29, 0.717) is 18.9 Å². The fourth-order valence-electron chi connectivity index (χ4n) is 2.24. The van der Waals surface area contributed by atoms with E-state index in [1.54, 1.807) is 4.90 Å². The third-order valence-electron chi connectivity index (χ3n) is 2.95. The first-order valence-corrected chi connectivity index (χ1v) is 5.13. The number of fused-ring (bicyclic) bond motifs is 2. The third-order valence-corrected chi connectivity index (χ3v) is 2.95. The molecule has 2 atom stereocenters. The predicted molar refractivity (Wildman–Crippen MR) is 50.2 cm³/mol. The summed E-state index contributed by atoms with van der Waals surface area (Å²) in [5, 5.41) is 6.27. The highest BCUT2D eigenvalue weighted by molar-refractivity contribution is 5.90. The van der Waals surface area contributed by atoms with Gasteiger partial charge in [-0.15, -0.1) is 0 Å². The molecule has 0 saturated carbocycles. The Morgan fingerprint density at radius 3 is 2.80 bits per heavy atom. The minimum absolute atomic E-state index is 0.0762. The van der Waals surface area contributed by atoms with Gasteiger partial charge < -0.3 is 9.64 Å². The molecule has 3 rings (SSSR count). The molecule has 15 heavy (non-hydrogen) atoms. The van der Waals surface area contributed by atoms with Gasteiger partial charge in [0.25, 0.3) is 5.91 Å². The Morgan fingerprint density at radius 1 is 1.47 bits per heavy atom. The average molecular weight is 208 g/mol. The maximum Gasteiger partial charge on any atom is 0.291 e. The van der Waals surface area contributed by atoms with Crippen molar-refractivity contribution >= 4 is 5.91 Å². The van der Waals surface area contributed by atoms with Crippen LogP contribution in [0, 0.1) is 0 Å². The number of aromatic nitrogens is 3. The van der Waals surface area contributed by atoms with Gasteiger partial charge in [-0.25, -0.2) is 4.98 Å². The molecule has 1 amide bonds. The van der Waals surface area contributed by atoms with Gasteiger partial charge in [0.05, 0.1) is 12.2 Å². The van der Waals surface area contributed by atoms with E-state index in [9.17, 15) is 4.79 Å². The van der Waals surface area contributed by atoms with Gasteiger partial charge in [0.2, 0.25) is 5.82 Å². The van der Waals surface area contributed by atoms with Crippen molar-refractivity contribution in [3.8, 4) is 0 Å². The number of rotatable bonds is 1. The third kappa shape index (κ3) is 1.50. The highest BCUT2D eigenvalue weighted by Gasteiger charge is 2.36. The molecule has 2 aliphatic rings. The van der Waals surface area contributed by atoms with Gasteiger partial charge in [0, 0.05) is 13.1 Å². The van der Waals surface area contributed by atoms with Gasteiger partial charge in [0.1, 0.15) is 6.33 Å². The van der Waals surface area contributed by atoms with Gasteiger partial charge in [-0.2, -0.15) is 5.10 Å². The van der Waals surface area contributed by atoms with Crippen LogP contribution in [0.25, 0.3) is 0 Å². The number of aromatic amines is 1. The van der Waals surface area contributed by atoms with Crippen molar-refractivity contribution in [1.82, 2.24) is 20.1 Å². The van der Waals surface area contributed by atoms with Gasteiger partial charge in [-0.3, -0.25) is 9.89 Å². The number of amides is 1. The van der Waals surface area contributed by atoms with Crippen LogP contribution in [0.1, 0.15) is 23.5 Å². The number of morpholine rings is 1. The van der Waals surface area contributed by atoms with Crippen LogP contribution < -0.4 is 0 Å². The average Bonchev–Trinajstić information content (AvgIpc) is 2.87. The molecule has 80 valence electrons. The van der Waals surface area contributed by atoms with E-state index in [1.807, 2.05) is 0 Å². The highest BCUT2D eigenvalue weighted by Crippen LogP contribution is 2.26. The van der Waals surface area contributed by atoms with Gasteiger partial charge >= 0.3 is 0 Å². The summed E-state index contributed by atoms with van der Waals surface area (Å²) in [6.45, 7) is 1.35. The number of likely N-dealkylation sites (tertiary alicyclic amines) is 1. The van der Waals surface area contributed by atoms with Crippen molar-refractivity contribution in [3.05, 3.63) is 12.2 Å². The van der Waals surface area contributed by atoms with Crippen LogP contribution in [0.2, 0.25) is 0 Å². The van der Waals surface area contributed by atoms with Crippen LogP contribution >= 0.6 is 0 Å². The number of ether oxygens (including phenoxy) is 1. The monoisotopic (exact) mass is 208 g/mol. The molecule has 6 heteroatoms. The molecule has 0 radical (unpaired) electrons. The molecule has 2 saturated heterocycles. The van der Waals surface area contributed by atoms with Crippen LogP contribution in [0.15, 0.2) is 6.33 Å². The molecule has 0 aliphatic carbocycles. The number of nitrogens with one attached hydrogen (secondary N) is 1. The summed E-state index contributed by atoms with van der Waals surface area (Å²) in [4.78, 5) is 17.6. The quantitative estimate of drug-likeness (QED) is 0.694. The van der Waals surface area contributed by atoms with Crippen LogP contribution in [0.4, 0.5) is 0 Å². The van der Waals surface area contributed by atoms with E-state index in [1.165, 1.54) is 6.33 Å². The topological polar surface area (TPSA) is 71.1 Å². The van der Waals surface area contributed by atoms with Crippen molar-refractivity contribution in [2.24, 2.45) is 0 Å². The first-order chi connectivity index (χ1) is 7.33. The zero-order valence-electron chi connectivity index (χ0n) is 8.22. The molecule has 0 aromatic carbocycles. The van der Waals surface area contributed by atoms with E-state index in [0.717, 1.165) is 12.8 Å². The lowest BCUT2D eigenvalue weighted by Gasteiger charge is -2.31. The number of carbonyl (C=O) groups excluding carboxylic acids is 1. The lowest BCUT2D eigenvalue weighted by Crippen LogP contribution is -2.46. The molecule has 3 heterocycles. The fraction of sp³-hybridized carbons (Fsp3) is 0.667. The van der Waals surface area contributed by atoms with Crippen LogP contribution in [-0.4, -0.2) is 51.3 Å². The number of nitrogens with zero attached hydrogens (tertiary/aromatic N) is 3. The summed E-state index contributed by atoms with van der Waals surface area (Å²) < 4.78 is 5.65. The Kier molecular flexibility index (Phi) is 1.95. The molecule has 2 bridgehead atoms. The summed E-state index contributed by atoms with van der Waals surface area (Å²) in [6.07, 6.45) is 3.91. The molecule has 6 nitrogen and oxygen atoms in total. The predicted octanol–water partition coefficient (Wildman–Crippen LogP) is -0.192. The first kappa shape index (κ1) is 8.84. The molecule has 2 fully saturated rings. The maximum atomic E-state index is 11.9. The van der Waals surface area contributed by atoms with Crippen LogP contribution in [-0.2, 0) is 4.74 Å². The minimum atomic E-state index is -0.0762. The number of hydrogen-bond acceptors (Lipinski definition) is 4. The van der Waals surface area contributed by atoms with Crippen molar-refractivity contribution in [1.29, 1.82) is 0 Å². The Hall–Kier alpha value is -1.43. The summed E-state index contributed by atoms with van der Waals surface area (Å²) in [5.74, 6) is 0.240. The van der Waals surface area contributed by atoms with E-state index >= 15 is 0 Å². The van der Waals surface area contributed by atoms with E-state index in [2.05, 4.69) is 15.2 Å². The molecule has 1 aromatic heterocycles. The smallest absolute Gasteiger partial charge is 0.291 e. The Balaban J connectivity index is 1.75. The normalized spacial score (nSPS) is 29.5. The molecule has 0 spiro atoms. The molecular weight excluding hydrogens is 196 g/mol. The molecule has 1 N–H and O–H groups in total. The fourth-order valence-corrected chi connectivity index (χ4v) is 2.24. The number of carbonyl (C=O) groups is 1. The highest BCUT2D eigenvalue weighted by atomic mass is 16.5. The number of H-pyrrole nitrogens is 1. The van der Waals surface area contributed by atoms with Crippen molar-refractivity contribution in [3.63, 3.8) is 0 Å². The van der Waals surface area contributed by atoms with E-state index in [4.69, 9.17) is 4.74 Å². The second-order valence-electron chi connectivity index (χ2n) is 4.00. The zero-order valence-corrected chi connectivity index (χ0v) is 8.22. The maximum absolute atomic E-state index is 11.9. The summed E-state index contributed by atoms with van der Waals surface area (Å²) in [7, 11) is 0. The van der Waals surface area contributed by atoms with Crippen molar-refractivity contribution in [2.75, 3.05) is 13.1 Å². The minimum Gasteiger partial charge on any atom is -0.371 e. The summed E-state index contributed by atoms with van der Waals surface area (Å²) in [6, 6.07) is 0. The Bertz CT molecular complexity index is 352. The second kappa shape index (κ2) is 3.30. The van der Waals surface area contributed by atoms with Gasteiger partial charge in [0.15, 0.2) is 0 Å². The largest absolute Gasteiger partial charge is 0.371 e. The zero-order chi connectivity index (χ0) is 10.3. The van der Waals surface area contributed by atoms with E-state index in [-0.39, 0.29) is 18.1 Å². The van der Waals surface area contributed by atoms with Crippen LogP contribution in [0.3, 0.4) is 0 Å². The Morgan fingerprint density at radius 2 is 2.20 bits per heavy atom.